The van der Waals surface area contributed by atoms with Crippen molar-refractivity contribution in [2.45, 2.75) is 67.0 Å². The summed E-state index contributed by atoms with van der Waals surface area (Å²) >= 11 is 0. The molecule has 0 unspecified atom stereocenters. The number of hydrogen-bond donors (Lipinski definition) is 1. The normalized spacial score (nSPS) is 13.8. The van der Waals surface area contributed by atoms with Crippen molar-refractivity contribution < 1.29 is 0 Å². The van der Waals surface area contributed by atoms with Gasteiger partial charge in [0.15, 0.2) is 0 Å². The Hall–Kier alpha value is -1.16. The molecule has 0 bridgehead atoms. The summed E-state index contributed by atoms with van der Waals surface area (Å²) in [5.41, 5.74) is 2.78. The summed E-state index contributed by atoms with van der Waals surface area (Å²) in [6.45, 7) is 17.0. The molecular formula is C16H30N4. The van der Waals surface area contributed by atoms with Crippen LogP contribution >= 0.6 is 0 Å². The fourth-order valence-electron chi connectivity index (χ4n) is 1.89. The van der Waals surface area contributed by atoms with Gasteiger partial charge in [0.05, 0.1) is 12.2 Å². The fraction of sp³-hybridized carbons (Fsp3) is 0.750. The van der Waals surface area contributed by atoms with E-state index in [1.165, 1.54) is 5.57 Å². The maximum absolute atomic E-state index is 4.24. The maximum atomic E-state index is 4.24. The van der Waals surface area contributed by atoms with Gasteiger partial charge in [0.1, 0.15) is 0 Å². The van der Waals surface area contributed by atoms with Crippen molar-refractivity contribution in [3.05, 3.63) is 23.5 Å². The summed E-state index contributed by atoms with van der Waals surface area (Å²) < 4.78 is 1.92. The molecule has 0 aliphatic rings. The van der Waals surface area contributed by atoms with Crippen LogP contribution in [0, 0.1) is 5.41 Å². The zero-order valence-electron chi connectivity index (χ0n) is 14.1. The van der Waals surface area contributed by atoms with E-state index in [4.69, 9.17) is 0 Å². The van der Waals surface area contributed by atoms with Gasteiger partial charge in [-0.1, -0.05) is 37.6 Å². The molecule has 0 saturated heterocycles. The Bertz CT molecular complexity index is 444. The Kier molecular flexibility index (Phi) is 5.51. The number of aromatic nitrogens is 3. The molecule has 1 heterocycles. The average Bonchev–Trinajstić information content (AvgIpc) is 2.60. The van der Waals surface area contributed by atoms with Gasteiger partial charge in [-0.2, -0.15) is 0 Å². The third kappa shape index (κ3) is 7.43. The van der Waals surface area contributed by atoms with E-state index in [9.17, 15) is 0 Å². The molecule has 4 heteroatoms. The first-order chi connectivity index (χ1) is 9.05. The van der Waals surface area contributed by atoms with E-state index in [-0.39, 0.29) is 11.0 Å². The predicted molar refractivity (Wildman–Crippen MR) is 84.7 cm³/mol. The summed E-state index contributed by atoms with van der Waals surface area (Å²) in [6.07, 6.45) is 5.23. The molecule has 20 heavy (non-hydrogen) atoms. The minimum absolute atomic E-state index is 0.157. The average molecular weight is 278 g/mol. The minimum Gasteiger partial charge on any atom is -0.309 e. The van der Waals surface area contributed by atoms with Gasteiger partial charge in [-0.15, -0.1) is 5.10 Å². The molecule has 1 N–H and O–H groups in total. The highest BCUT2D eigenvalue weighted by Gasteiger charge is 2.13. The van der Waals surface area contributed by atoms with Crippen molar-refractivity contribution >= 4 is 0 Å². The van der Waals surface area contributed by atoms with Gasteiger partial charge in [-0.25, -0.2) is 4.68 Å². The number of nitrogens with zero attached hydrogens (tertiary/aromatic N) is 3. The van der Waals surface area contributed by atoms with E-state index >= 15 is 0 Å². The summed E-state index contributed by atoms with van der Waals surface area (Å²) in [5.74, 6) is 0. The first kappa shape index (κ1) is 16.9. The first-order valence-corrected chi connectivity index (χ1v) is 7.35. The van der Waals surface area contributed by atoms with Gasteiger partial charge in [0.25, 0.3) is 0 Å². The third-order valence-corrected chi connectivity index (χ3v) is 2.79. The molecule has 0 aliphatic carbocycles. The van der Waals surface area contributed by atoms with E-state index < -0.39 is 0 Å². The van der Waals surface area contributed by atoms with E-state index in [0.717, 1.165) is 25.2 Å². The number of rotatable bonds is 5. The van der Waals surface area contributed by atoms with Crippen molar-refractivity contribution in [1.82, 2.24) is 20.3 Å². The number of nitrogens with one attached hydrogen (secondary N) is 1. The molecule has 0 aromatic carbocycles. The molecule has 0 amide bonds. The minimum atomic E-state index is 0.157. The van der Waals surface area contributed by atoms with Crippen molar-refractivity contribution in [2.75, 3.05) is 6.54 Å². The Morgan fingerprint density at radius 2 is 1.90 bits per heavy atom. The number of hydrogen-bond acceptors (Lipinski definition) is 3. The van der Waals surface area contributed by atoms with Crippen molar-refractivity contribution in [3.63, 3.8) is 0 Å². The molecule has 4 nitrogen and oxygen atoms in total. The zero-order chi connectivity index (χ0) is 15.4. The standard InChI is InChI=1S/C16H30N4/c1-13(8-9-17-16(5,6)7)11-20-12-14(18-19-20)10-15(2,3)4/h8,12,17H,9-11H2,1-7H3. The smallest absolute Gasteiger partial charge is 0.0832 e. The van der Waals surface area contributed by atoms with E-state index in [0.29, 0.717) is 0 Å². The van der Waals surface area contributed by atoms with Crippen LogP contribution in [-0.2, 0) is 13.0 Å². The second-order valence-electron chi connectivity index (χ2n) is 7.83. The zero-order valence-corrected chi connectivity index (χ0v) is 14.1. The second-order valence-corrected chi connectivity index (χ2v) is 7.83. The largest absolute Gasteiger partial charge is 0.309 e. The molecule has 0 atom stereocenters. The van der Waals surface area contributed by atoms with Crippen LogP contribution < -0.4 is 5.32 Å². The van der Waals surface area contributed by atoms with Crippen LogP contribution in [0.3, 0.4) is 0 Å². The monoisotopic (exact) mass is 278 g/mol. The highest BCUT2D eigenvalue weighted by Crippen LogP contribution is 2.18. The van der Waals surface area contributed by atoms with E-state index in [1.807, 2.05) is 4.68 Å². The SMILES string of the molecule is CC(=CCNC(C)(C)C)Cn1cc(CC(C)(C)C)nn1. The van der Waals surface area contributed by atoms with Crippen LogP contribution in [0.1, 0.15) is 54.2 Å². The summed E-state index contributed by atoms with van der Waals surface area (Å²) in [7, 11) is 0. The molecule has 0 radical (unpaired) electrons. The summed E-state index contributed by atoms with van der Waals surface area (Å²) in [5, 5.41) is 11.9. The van der Waals surface area contributed by atoms with E-state index in [2.05, 4.69) is 76.4 Å². The lowest BCUT2D eigenvalue weighted by molar-refractivity contribution is 0.406. The molecule has 0 saturated carbocycles. The summed E-state index contributed by atoms with van der Waals surface area (Å²) in [4.78, 5) is 0. The third-order valence-electron chi connectivity index (χ3n) is 2.79. The van der Waals surface area contributed by atoms with Crippen LogP contribution in [0.4, 0.5) is 0 Å². The van der Waals surface area contributed by atoms with Gasteiger partial charge < -0.3 is 5.32 Å². The lowest BCUT2D eigenvalue weighted by Crippen LogP contribution is -2.35. The lowest BCUT2D eigenvalue weighted by Gasteiger charge is -2.19. The number of allylic oxidation sites excluding steroid dienone is 1. The lowest BCUT2D eigenvalue weighted by atomic mass is 9.91. The van der Waals surface area contributed by atoms with Gasteiger partial charge in [0.2, 0.25) is 0 Å². The molecule has 0 aliphatic heterocycles. The van der Waals surface area contributed by atoms with Gasteiger partial charge >= 0.3 is 0 Å². The Morgan fingerprint density at radius 1 is 1.25 bits per heavy atom. The van der Waals surface area contributed by atoms with Crippen molar-refractivity contribution in [1.29, 1.82) is 0 Å². The van der Waals surface area contributed by atoms with Gasteiger partial charge in [-0.05, 0) is 39.5 Å². The first-order valence-electron chi connectivity index (χ1n) is 7.35. The van der Waals surface area contributed by atoms with Crippen LogP contribution in [-0.4, -0.2) is 27.1 Å². The van der Waals surface area contributed by atoms with E-state index in [1.54, 1.807) is 0 Å². The van der Waals surface area contributed by atoms with Crippen molar-refractivity contribution in [2.24, 2.45) is 5.41 Å². The topological polar surface area (TPSA) is 42.7 Å². The molecular weight excluding hydrogens is 248 g/mol. The Balaban J connectivity index is 2.50. The second kappa shape index (κ2) is 6.53. The summed E-state index contributed by atoms with van der Waals surface area (Å²) in [6, 6.07) is 0. The van der Waals surface area contributed by atoms with Crippen LogP contribution in [0.15, 0.2) is 17.8 Å². The van der Waals surface area contributed by atoms with Gasteiger partial charge in [0, 0.05) is 18.3 Å². The molecule has 0 fully saturated rings. The molecule has 1 rings (SSSR count). The molecule has 1 aromatic rings. The quantitative estimate of drug-likeness (QED) is 0.841. The Morgan fingerprint density at radius 3 is 2.45 bits per heavy atom. The molecule has 114 valence electrons. The van der Waals surface area contributed by atoms with Gasteiger partial charge in [-0.3, -0.25) is 0 Å². The van der Waals surface area contributed by atoms with Crippen LogP contribution in [0.2, 0.25) is 0 Å². The molecule has 1 aromatic heterocycles. The van der Waals surface area contributed by atoms with Crippen LogP contribution in [0.5, 0.6) is 0 Å². The Labute approximate surface area is 123 Å². The highest BCUT2D eigenvalue weighted by atomic mass is 15.4. The molecule has 0 spiro atoms. The van der Waals surface area contributed by atoms with Crippen LogP contribution in [0.25, 0.3) is 0 Å². The maximum Gasteiger partial charge on any atom is 0.0832 e. The highest BCUT2D eigenvalue weighted by molar-refractivity contribution is 5.02. The van der Waals surface area contributed by atoms with Crippen molar-refractivity contribution in [3.8, 4) is 0 Å². The fourth-order valence-corrected chi connectivity index (χ4v) is 1.89. The predicted octanol–water partition coefficient (Wildman–Crippen LogP) is 3.20.